The third-order valence-electron chi connectivity index (χ3n) is 2.88. The molecule has 0 spiro atoms. The lowest BCUT2D eigenvalue weighted by Crippen LogP contribution is -2.21. The van der Waals surface area contributed by atoms with Crippen LogP contribution in [0.3, 0.4) is 0 Å². The highest BCUT2D eigenvalue weighted by Gasteiger charge is 2.33. The van der Waals surface area contributed by atoms with Crippen LogP contribution >= 0.6 is 0 Å². The minimum atomic E-state index is -1.15. The van der Waals surface area contributed by atoms with Gasteiger partial charge in [0.25, 0.3) is 0 Å². The summed E-state index contributed by atoms with van der Waals surface area (Å²) in [5.74, 6) is 0. The van der Waals surface area contributed by atoms with Crippen molar-refractivity contribution in [2.45, 2.75) is 45.0 Å². The number of hydrogen-bond donors (Lipinski definition) is 3. The van der Waals surface area contributed by atoms with Crippen LogP contribution in [-0.4, -0.2) is 23.2 Å². The molecule has 1 aliphatic rings. The smallest absolute Gasteiger partial charge is 0.427 e. The highest BCUT2D eigenvalue weighted by Crippen LogP contribution is 2.40. The average molecular weight is 171 g/mol. The normalized spacial score (nSPS) is 35.5. The molecular weight excluding hydrogens is 153 g/mol. The van der Waals surface area contributed by atoms with E-state index in [1.807, 2.05) is 0 Å². The van der Waals surface area contributed by atoms with Crippen molar-refractivity contribution in [1.29, 1.82) is 0 Å². The lowest BCUT2D eigenvalue weighted by molar-refractivity contribution is 0.302. The Bertz CT molecular complexity index is 154. The van der Waals surface area contributed by atoms with Gasteiger partial charge in [-0.1, -0.05) is 6.92 Å². The van der Waals surface area contributed by atoms with E-state index in [0.29, 0.717) is 12.4 Å². The number of hydrogen-bond acceptors (Lipinski definition) is 3. The Morgan fingerprint density at radius 3 is 2.67 bits per heavy atom. The molecule has 1 fully saturated rings. The van der Waals surface area contributed by atoms with Gasteiger partial charge in [0, 0.05) is 6.04 Å². The molecule has 2 atom stereocenters. The molecule has 0 bridgehead atoms. The van der Waals surface area contributed by atoms with Gasteiger partial charge < -0.3 is 15.8 Å². The van der Waals surface area contributed by atoms with Gasteiger partial charge in [-0.3, -0.25) is 0 Å². The molecule has 1 aliphatic carbocycles. The fraction of sp³-hybridized carbons (Fsp3) is 1.00. The van der Waals surface area contributed by atoms with Crippen LogP contribution in [0.1, 0.15) is 32.6 Å². The standard InChI is InChI=1S/C8H18BNO2/c1-8(4-5-9(11)12)3-2-7(10)6-8/h7,11-12H,2-6,10H2,1H3. The van der Waals surface area contributed by atoms with E-state index in [4.69, 9.17) is 15.8 Å². The zero-order chi connectivity index (χ0) is 9.19. The molecule has 0 aliphatic heterocycles. The van der Waals surface area contributed by atoms with E-state index in [9.17, 15) is 0 Å². The Morgan fingerprint density at radius 2 is 2.25 bits per heavy atom. The summed E-state index contributed by atoms with van der Waals surface area (Å²) >= 11 is 0. The molecule has 0 aromatic heterocycles. The molecular formula is C8H18BNO2. The summed E-state index contributed by atoms with van der Waals surface area (Å²) in [7, 11) is -1.15. The van der Waals surface area contributed by atoms with Crippen LogP contribution < -0.4 is 5.73 Å². The molecule has 0 radical (unpaired) electrons. The maximum absolute atomic E-state index is 8.72. The van der Waals surface area contributed by atoms with Gasteiger partial charge in [0.05, 0.1) is 0 Å². The van der Waals surface area contributed by atoms with Gasteiger partial charge in [-0.25, -0.2) is 0 Å². The van der Waals surface area contributed by atoms with Crippen LogP contribution in [0.5, 0.6) is 0 Å². The Labute approximate surface area is 74.1 Å². The SMILES string of the molecule is CC1(CCB(O)O)CCC(N)C1. The van der Waals surface area contributed by atoms with E-state index >= 15 is 0 Å². The number of nitrogens with two attached hydrogens (primary N) is 1. The summed E-state index contributed by atoms with van der Waals surface area (Å²) in [4.78, 5) is 0. The van der Waals surface area contributed by atoms with E-state index in [0.717, 1.165) is 25.7 Å². The van der Waals surface area contributed by atoms with Gasteiger partial charge in [0.2, 0.25) is 0 Å². The molecule has 0 saturated heterocycles. The molecule has 0 aromatic rings. The second-order valence-corrected chi connectivity index (χ2v) is 4.33. The zero-order valence-electron chi connectivity index (χ0n) is 7.66. The quantitative estimate of drug-likeness (QED) is 0.537. The van der Waals surface area contributed by atoms with E-state index in [-0.39, 0.29) is 5.41 Å². The summed E-state index contributed by atoms with van der Waals surface area (Å²) in [5, 5.41) is 17.4. The van der Waals surface area contributed by atoms with Crippen molar-refractivity contribution in [3.8, 4) is 0 Å². The van der Waals surface area contributed by atoms with Crippen LogP contribution in [0.25, 0.3) is 0 Å². The first-order valence-corrected chi connectivity index (χ1v) is 4.64. The van der Waals surface area contributed by atoms with Gasteiger partial charge in [-0.2, -0.15) is 0 Å². The van der Waals surface area contributed by atoms with E-state index in [1.54, 1.807) is 0 Å². The Hall–Kier alpha value is -0.0551. The minimum Gasteiger partial charge on any atom is -0.427 e. The highest BCUT2D eigenvalue weighted by molar-refractivity contribution is 6.40. The molecule has 1 saturated carbocycles. The van der Waals surface area contributed by atoms with Gasteiger partial charge >= 0.3 is 7.12 Å². The minimum absolute atomic E-state index is 0.253. The molecule has 0 aromatic carbocycles. The summed E-state index contributed by atoms with van der Waals surface area (Å²) in [6.07, 6.45) is 4.58. The average Bonchev–Trinajstić information content (AvgIpc) is 2.29. The predicted molar refractivity (Wildman–Crippen MR) is 49.5 cm³/mol. The molecule has 4 heteroatoms. The predicted octanol–water partition coefficient (Wildman–Crippen LogP) is 0.367. The number of rotatable bonds is 3. The Kier molecular flexibility index (Phi) is 3.15. The van der Waals surface area contributed by atoms with Gasteiger partial charge in [-0.05, 0) is 37.4 Å². The van der Waals surface area contributed by atoms with Crippen LogP contribution in [0, 0.1) is 5.41 Å². The van der Waals surface area contributed by atoms with E-state index < -0.39 is 7.12 Å². The lowest BCUT2D eigenvalue weighted by atomic mass is 9.74. The molecule has 70 valence electrons. The van der Waals surface area contributed by atoms with Crippen LogP contribution in [-0.2, 0) is 0 Å². The summed E-state index contributed by atoms with van der Waals surface area (Å²) < 4.78 is 0. The first-order chi connectivity index (χ1) is 5.52. The summed E-state index contributed by atoms with van der Waals surface area (Å²) in [6.45, 7) is 2.18. The maximum Gasteiger partial charge on any atom is 0.451 e. The van der Waals surface area contributed by atoms with Gasteiger partial charge in [0.1, 0.15) is 0 Å². The van der Waals surface area contributed by atoms with Crippen molar-refractivity contribution in [2.75, 3.05) is 0 Å². The van der Waals surface area contributed by atoms with Crippen molar-refractivity contribution in [3.63, 3.8) is 0 Å². The van der Waals surface area contributed by atoms with Crippen LogP contribution in [0.15, 0.2) is 0 Å². The summed E-state index contributed by atoms with van der Waals surface area (Å²) in [6, 6.07) is 0.325. The third-order valence-corrected chi connectivity index (χ3v) is 2.88. The van der Waals surface area contributed by atoms with E-state index in [1.165, 1.54) is 0 Å². The van der Waals surface area contributed by atoms with E-state index in [2.05, 4.69) is 6.92 Å². The van der Waals surface area contributed by atoms with Crippen LogP contribution in [0.2, 0.25) is 6.32 Å². The fourth-order valence-electron chi connectivity index (χ4n) is 2.08. The molecule has 2 unspecified atom stereocenters. The van der Waals surface area contributed by atoms with Crippen molar-refractivity contribution >= 4 is 7.12 Å². The monoisotopic (exact) mass is 171 g/mol. The van der Waals surface area contributed by atoms with Gasteiger partial charge in [0.15, 0.2) is 0 Å². The summed E-state index contributed by atoms with van der Waals surface area (Å²) in [5.41, 5.74) is 6.04. The van der Waals surface area contributed by atoms with Crippen molar-refractivity contribution in [1.82, 2.24) is 0 Å². The Balaban J connectivity index is 2.30. The molecule has 3 nitrogen and oxygen atoms in total. The first-order valence-electron chi connectivity index (χ1n) is 4.64. The van der Waals surface area contributed by atoms with Crippen molar-refractivity contribution in [2.24, 2.45) is 11.1 Å². The molecule has 12 heavy (non-hydrogen) atoms. The van der Waals surface area contributed by atoms with Crippen molar-refractivity contribution < 1.29 is 10.0 Å². The zero-order valence-corrected chi connectivity index (χ0v) is 7.66. The second-order valence-electron chi connectivity index (χ2n) is 4.33. The lowest BCUT2D eigenvalue weighted by Gasteiger charge is -2.23. The van der Waals surface area contributed by atoms with Crippen molar-refractivity contribution in [3.05, 3.63) is 0 Å². The first kappa shape index (κ1) is 10.0. The second kappa shape index (κ2) is 3.77. The molecule has 0 amide bonds. The van der Waals surface area contributed by atoms with Crippen LogP contribution in [0.4, 0.5) is 0 Å². The Morgan fingerprint density at radius 1 is 1.58 bits per heavy atom. The third kappa shape index (κ3) is 2.77. The molecule has 4 N–H and O–H groups in total. The van der Waals surface area contributed by atoms with Gasteiger partial charge in [-0.15, -0.1) is 0 Å². The molecule has 0 heterocycles. The molecule has 1 rings (SSSR count). The fourth-order valence-corrected chi connectivity index (χ4v) is 2.08. The maximum atomic E-state index is 8.72. The topological polar surface area (TPSA) is 66.5 Å². The largest absolute Gasteiger partial charge is 0.451 e. The highest BCUT2D eigenvalue weighted by atomic mass is 16.4.